The Hall–Kier alpha value is -3.48. The van der Waals surface area contributed by atoms with Crippen molar-refractivity contribution < 1.29 is 9.59 Å². The summed E-state index contributed by atoms with van der Waals surface area (Å²) in [4.78, 5) is 41.8. The van der Waals surface area contributed by atoms with Crippen molar-refractivity contribution in [3.63, 3.8) is 0 Å². The number of carbonyl (C=O) groups excluding carboxylic acids is 2. The Morgan fingerprint density at radius 1 is 1.13 bits per heavy atom. The normalized spacial score (nSPS) is 13.2. The molecular weight excluding hydrogens is 380 g/mol. The third kappa shape index (κ3) is 4.40. The first kappa shape index (κ1) is 19.8. The number of benzene rings is 2. The first-order valence-corrected chi connectivity index (χ1v) is 10.2. The Labute approximate surface area is 174 Å². The lowest BCUT2D eigenvalue weighted by atomic mass is 10.1. The van der Waals surface area contributed by atoms with Crippen molar-refractivity contribution in [1.82, 2.24) is 14.9 Å². The van der Waals surface area contributed by atoms with Crippen LogP contribution >= 0.6 is 0 Å². The molecule has 2 N–H and O–H groups in total. The molecule has 0 aliphatic heterocycles. The van der Waals surface area contributed by atoms with E-state index in [2.05, 4.69) is 15.6 Å². The second-order valence-electron chi connectivity index (χ2n) is 7.66. The van der Waals surface area contributed by atoms with E-state index in [1.54, 1.807) is 30.3 Å². The van der Waals surface area contributed by atoms with Gasteiger partial charge in [-0.3, -0.25) is 19.0 Å². The summed E-state index contributed by atoms with van der Waals surface area (Å²) in [5, 5.41) is 6.34. The molecule has 0 spiro atoms. The van der Waals surface area contributed by atoms with E-state index in [0.717, 1.165) is 18.4 Å². The van der Waals surface area contributed by atoms with E-state index in [-0.39, 0.29) is 29.8 Å². The fraction of sp³-hybridized carbons (Fsp3) is 0.304. The number of anilines is 1. The Kier molecular flexibility index (Phi) is 5.61. The molecule has 154 valence electrons. The van der Waals surface area contributed by atoms with Crippen LogP contribution in [0, 0.1) is 6.92 Å². The predicted octanol–water partition coefficient (Wildman–Crippen LogP) is 3.02. The minimum absolute atomic E-state index is 0.105. The molecule has 4 rings (SSSR count). The summed E-state index contributed by atoms with van der Waals surface area (Å²) in [7, 11) is 0. The topological polar surface area (TPSA) is 93.1 Å². The molecule has 1 aliphatic carbocycles. The minimum Gasteiger partial charge on any atom is -0.349 e. The highest BCUT2D eigenvalue weighted by Gasteiger charge is 2.25. The van der Waals surface area contributed by atoms with Crippen LogP contribution in [0.4, 0.5) is 5.69 Å². The molecule has 1 aromatic heterocycles. The average molecular weight is 404 g/mol. The van der Waals surface area contributed by atoms with Crippen LogP contribution in [0.5, 0.6) is 0 Å². The first-order chi connectivity index (χ1) is 14.5. The number of hydrogen-bond donors (Lipinski definition) is 2. The van der Waals surface area contributed by atoms with Gasteiger partial charge >= 0.3 is 0 Å². The van der Waals surface area contributed by atoms with Crippen LogP contribution < -0.4 is 16.2 Å². The van der Waals surface area contributed by atoms with Gasteiger partial charge in [-0.15, -0.1) is 0 Å². The lowest BCUT2D eigenvalue weighted by Gasteiger charge is -2.11. The van der Waals surface area contributed by atoms with E-state index >= 15 is 0 Å². The summed E-state index contributed by atoms with van der Waals surface area (Å²) < 4.78 is 1.53. The standard InChI is InChI=1S/C23H24N4O3/c1-15-6-4-8-18-21(15)24-14-27(23(18)30)13-5-10-20(28)26-19-9-3-2-7-17(19)22(29)25-16-11-12-16/h2-4,6-9,14,16H,5,10-13H2,1H3,(H,25,29)(H,26,28). The molecule has 2 aromatic carbocycles. The molecule has 30 heavy (non-hydrogen) atoms. The highest BCUT2D eigenvalue weighted by Crippen LogP contribution is 2.21. The van der Waals surface area contributed by atoms with Crippen molar-refractivity contribution in [2.24, 2.45) is 0 Å². The largest absolute Gasteiger partial charge is 0.349 e. The maximum Gasteiger partial charge on any atom is 0.261 e. The van der Waals surface area contributed by atoms with Crippen LogP contribution in [0.2, 0.25) is 0 Å². The summed E-state index contributed by atoms with van der Waals surface area (Å²) in [5.41, 5.74) is 2.52. The molecule has 1 fully saturated rings. The van der Waals surface area contributed by atoms with Crippen LogP contribution in [0.3, 0.4) is 0 Å². The van der Waals surface area contributed by atoms with Crippen LogP contribution in [0.15, 0.2) is 53.6 Å². The number of aryl methyl sites for hydroxylation is 2. The highest BCUT2D eigenvalue weighted by molar-refractivity contribution is 6.03. The van der Waals surface area contributed by atoms with Gasteiger partial charge in [0, 0.05) is 19.0 Å². The average Bonchev–Trinajstić information content (AvgIpc) is 3.54. The lowest BCUT2D eigenvalue weighted by Crippen LogP contribution is -2.27. The molecule has 2 amide bonds. The smallest absolute Gasteiger partial charge is 0.261 e. The van der Waals surface area contributed by atoms with Crippen molar-refractivity contribution in [2.45, 2.75) is 45.2 Å². The van der Waals surface area contributed by atoms with Gasteiger partial charge in [-0.25, -0.2) is 4.98 Å². The molecule has 7 heteroatoms. The molecule has 0 radical (unpaired) electrons. The molecule has 1 saturated carbocycles. The zero-order valence-corrected chi connectivity index (χ0v) is 16.9. The number of amides is 2. The van der Waals surface area contributed by atoms with E-state index < -0.39 is 0 Å². The zero-order chi connectivity index (χ0) is 21.1. The summed E-state index contributed by atoms with van der Waals surface area (Å²) in [6.45, 7) is 2.32. The predicted molar refractivity (Wildman–Crippen MR) is 116 cm³/mol. The lowest BCUT2D eigenvalue weighted by molar-refractivity contribution is -0.116. The van der Waals surface area contributed by atoms with Crippen LogP contribution in [-0.2, 0) is 11.3 Å². The summed E-state index contributed by atoms with van der Waals surface area (Å²) in [6, 6.07) is 12.8. The number of nitrogens with zero attached hydrogens (tertiary/aromatic N) is 2. The quantitative estimate of drug-likeness (QED) is 0.633. The third-order valence-electron chi connectivity index (χ3n) is 5.22. The van der Waals surface area contributed by atoms with Crippen LogP contribution in [0.25, 0.3) is 10.9 Å². The van der Waals surface area contributed by atoms with E-state index in [1.807, 2.05) is 19.1 Å². The molecular formula is C23H24N4O3. The van der Waals surface area contributed by atoms with Crippen molar-refractivity contribution in [3.8, 4) is 0 Å². The maximum atomic E-state index is 12.6. The number of rotatable bonds is 7. The summed E-state index contributed by atoms with van der Waals surface area (Å²) in [6.07, 6.45) is 4.26. The fourth-order valence-electron chi connectivity index (χ4n) is 3.40. The van der Waals surface area contributed by atoms with Gasteiger partial charge in [0.25, 0.3) is 11.5 Å². The molecule has 0 unspecified atom stereocenters. The second-order valence-corrected chi connectivity index (χ2v) is 7.66. The van der Waals surface area contributed by atoms with E-state index in [9.17, 15) is 14.4 Å². The summed E-state index contributed by atoms with van der Waals surface area (Å²) in [5.74, 6) is -0.364. The number of fused-ring (bicyclic) bond motifs is 1. The van der Waals surface area contributed by atoms with E-state index in [0.29, 0.717) is 35.1 Å². The highest BCUT2D eigenvalue weighted by atomic mass is 16.2. The van der Waals surface area contributed by atoms with Crippen LogP contribution in [0.1, 0.15) is 41.6 Å². The zero-order valence-electron chi connectivity index (χ0n) is 16.9. The van der Waals surface area contributed by atoms with E-state index in [1.165, 1.54) is 10.9 Å². The number of nitrogens with one attached hydrogen (secondary N) is 2. The van der Waals surface area contributed by atoms with Gasteiger partial charge in [0.2, 0.25) is 5.91 Å². The van der Waals surface area contributed by atoms with Crippen molar-refractivity contribution in [1.29, 1.82) is 0 Å². The number of para-hydroxylation sites is 2. The Bertz CT molecular complexity index is 1160. The number of hydrogen-bond acceptors (Lipinski definition) is 4. The van der Waals surface area contributed by atoms with Gasteiger partial charge in [0.1, 0.15) is 0 Å². The number of aromatic nitrogens is 2. The monoisotopic (exact) mass is 404 g/mol. The SMILES string of the molecule is Cc1cccc2c(=O)n(CCCC(=O)Nc3ccccc3C(=O)NC3CC3)cnc12. The molecule has 1 aliphatic rings. The van der Waals surface area contributed by atoms with Crippen LogP contribution in [-0.4, -0.2) is 27.4 Å². The Morgan fingerprint density at radius 2 is 1.93 bits per heavy atom. The van der Waals surface area contributed by atoms with Gasteiger partial charge in [0.05, 0.1) is 28.5 Å². The third-order valence-corrected chi connectivity index (χ3v) is 5.22. The van der Waals surface area contributed by atoms with Gasteiger partial charge in [-0.1, -0.05) is 24.3 Å². The molecule has 0 bridgehead atoms. The van der Waals surface area contributed by atoms with Gasteiger partial charge in [-0.05, 0) is 49.9 Å². The Morgan fingerprint density at radius 3 is 2.73 bits per heavy atom. The van der Waals surface area contributed by atoms with Crippen molar-refractivity contribution in [3.05, 3.63) is 70.3 Å². The first-order valence-electron chi connectivity index (χ1n) is 10.2. The number of carbonyl (C=O) groups is 2. The molecule has 1 heterocycles. The molecule has 7 nitrogen and oxygen atoms in total. The van der Waals surface area contributed by atoms with Gasteiger partial charge in [0.15, 0.2) is 0 Å². The van der Waals surface area contributed by atoms with Gasteiger partial charge < -0.3 is 10.6 Å². The van der Waals surface area contributed by atoms with Crippen molar-refractivity contribution in [2.75, 3.05) is 5.32 Å². The van der Waals surface area contributed by atoms with E-state index in [4.69, 9.17) is 0 Å². The molecule has 0 atom stereocenters. The second kappa shape index (κ2) is 8.49. The maximum absolute atomic E-state index is 12.6. The molecule has 3 aromatic rings. The Balaban J connectivity index is 1.37. The summed E-state index contributed by atoms with van der Waals surface area (Å²) >= 11 is 0. The molecule has 0 saturated heterocycles. The van der Waals surface area contributed by atoms with Crippen molar-refractivity contribution >= 4 is 28.4 Å². The fourth-order valence-corrected chi connectivity index (χ4v) is 3.40. The minimum atomic E-state index is -0.195. The van der Waals surface area contributed by atoms with Gasteiger partial charge in [-0.2, -0.15) is 0 Å².